The fraction of sp³-hybridized carbons (Fsp3) is 0.286. The SMILES string of the molecule is C=CCOC(=O)C(=C)C.[P]. The molecular formula is C7H10O2P. The molecule has 0 aliphatic carbocycles. The van der Waals surface area contributed by atoms with E-state index < -0.39 is 0 Å². The van der Waals surface area contributed by atoms with Gasteiger partial charge < -0.3 is 4.74 Å². The maximum absolute atomic E-state index is 10.5. The van der Waals surface area contributed by atoms with Crippen molar-refractivity contribution in [2.24, 2.45) is 0 Å². The molecule has 0 aromatic heterocycles. The van der Waals surface area contributed by atoms with Crippen LogP contribution in [0.15, 0.2) is 24.8 Å². The van der Waals surface area contributed by atoms with Crippen molar-refractivity contribution in [3.63, 3.8) is 0 Å². The average molecular weight is 157 g/mol. The van der Waals surface area contributed by atoms with Crippen LogP contribution in [0.3, 0.4) is 0 Å². The molecular weight excluding hydrogens is 147 g/mol. The third-order valence-corrected chi connectivity index (χ3v) is 0.681. The van der Waals surface area contributed by atoms with E-state index in [1.54, 1.807) is 6.92 Å². The number of hydrogen-bond acceptors (Lipinski definition) is 2. The van der Waals surface area contributed by atoms with Crippen molar-refractivity contribution >= 4 is 15.9 Å². The van der Waals surface area contributed by atoms with Gasteiger partial charge in [-0.05, 0) is 6.92 Å². The van der Waals surface area contributed by atoms with Crippen LogP contribution in [-0.4, -0.2) is 12.6 Å². The van der Waals surface area contributed by atoms with Gasteiger partial charge in [-0.1, -0.05) is 19.2 Å². The van der Waals surface area contributed by atoms with Gasteiger partial charge in [0.2, 0.25) is 0 Å². The molecule has 55 valence electrons. The molecule has 0 unspecified atom stereocenters. The highest BCUT2D eigenvalue weighted by molar-refractivity contribution is 6.92. The van der Waals surface area contributed by atoms with Crippen LogP contribution in [0, 0.1) is 0 Å². The second-order valence-corrected chi connectivity index (χ2v) is 1.67. The fourth-order valence-electron chi connectivity index (χ4n) is 0.258. The van der Waals surface area contributed by atoms with E-state index in [1.807, 2.05) is 0 Å². The molecule has 0 fully saturated rings. The average Bonchev–Trinajstić information content (AvgIpc) is 1.82. The Morgan fingerprint density at radius 1 is 1.70 bits per heavy atom. The summed E-state index contributed by atoms with van der Waals surface area (Å²) in [6.45, 7) is 8.64. The zero-order valence-electron chi connectivity index (χ0n) is 5.96. The predicted octanol–water partition coefficient (Wildman–Crippen LogP) is 2.15. The Morgan fingerprint density at radius 2 is 2.20 bits per heavy atom. The summed E-state index contributed by atoms with van der Waals surface area (Å²) < 4.78 is 4.60. The Bertz CT molecular complexity index is 141. The number of carbonyl (C=O) groups excluding carboxylic acids is 1. The van der Waals surface area contributed by atoms with Crippen molar-refractivity contribution in [1.29, 1.82) is 0 Å². The topological polar surface area (TPSA) is 26.3 Å². The van der Waals surface area contributed by atoms with Gasteiger partial charge in [0.05, 0.1) is 0 Å². The molecule has 0 N–H and O–H groups in total. The molecule has 10 heavy (non-hydrogen) atoms. The van der Waals surface area contributed by atoms with Gasteiger partial charge in [0.15, 0.2) is 0 Å². The number of hydrogen-bond donors (Lipinski definition) is 0. The molecule has 0 aliphatic rings. The van der Waals surface area contributed by atoms with Crippen LogP contribution in [0.5, 0.6) is 0 Å². The minimum absolute atomic E-state index is 0. The van der Waals surface area contributed by atoms with E-state index in [4.69, 9.17) is 0 Å². The highest BCUT2D eigenvalue weighted by atomic mass is 31.0. The van der Waals surface area contributed by atoms with Gasteiger partial charge >= 0.3 is 5.97 Å². The lowest BCUT2D eigenvalue weighted by atomic mass is 10.4. The van der Waals surface area contributed by atoms with Gasteiger partial charge in [0, 0.05) is 15.5 Å². The van der Waals surface area contributed by atoms with Crippen molar-refractivity contribution in [3.05, 3.63) is 24.8 Å². The van der Waals surface area contributed by atoms with E-state index in [9.17, 15) is 4.79 Å². The largest absolute Gasteiger partial charge is 0.458 e. The van der Waals surface area contributed by atoms with Gasteiger partial charge in [-0.25, -0.2) is 4.79 Å². The first-order valence-electron chi connectivity index (χ1n) is 2.62. The fourth-order valence-corrected chi connectivity index (χ4v) is 0.258. The summed E-state index contributed by atoms with van der Waals surface area (Å²) in [4.78, 5) is 10.5. The van der Waals surface area contributed by atoms with Crippen molar-refractivity contribution in [2.75, 3.05) is 6.61 Å². The Morgan fingerprint density at radius 3 is 2.50 bits per heavy atom. The number of ether oxygens (including phenoxy) is 1. The predicted molar refractivity (Wildman–Crippen MR) is 42.9 cm³/mol. The molecule has 0 aliphatic heterocycles. The van der Waals surface area contributed by atoms with Gasteiger partial charge in [-0.2, -0.15) is 0 Å². The van der Waals surface area contributed by atoms with Gasteiger partial charge in [0.25, 0.3) is 0 Å². The smallest absolute Gasteiger partial charge is 0.333 e. The molecule has 0 spiro atoms. The minimum atomic E-state index is -0.366. The summed E-state index contributed by atoms with van der Waals surface area (Å²) in [6, 6.07) is 0. The molecule has 2 nitrogen and oxygen atoms in total. The van der Waals surface area contributed by atoms with Gasteiger partial charge in [0.1, 0.15) is 6.61 Å². The van der Waals surface area contributed by atoms with Crippen LogP contribution in [-0.2, 0) is 9.53 Å². The van der Waals surface area contributed by atoms with E-state index in [2.05, 4.69) is 17.9 Å². The summed E-state index contributed by atoms with van der Waals surface area (Å²) in [5, 5.41) is 0. The minimum Gasteiger partial charge on any atom is -0.458 e. The van der Waals surface area contributed by atoms with E-state index >= 15 is 0 Å². The molecule has 0 amide bonds. The Balaban J connectivity index is 0. The number of rotatable bonds is 3. The number of carbonyl (C=O) groups is 1. The second-order valence-electron chi connectivity index (χ2n) is 1.67. The van der Waals surface area contributed by atoms with E-state index in [1.165, 1.54) is 6.08 Å². The van der Waals surface area contributed by atoms with Crippen LogP contribution >= 0.6 is 9.90 Å². The first kappa shape index (κ1) is 12.1. The molecule has 0 bridgehead atoms. The maximum Gasteiger partial charge on any atom is 0.333 e. The first-order chi connectivity index (χ1) is 4.18. The van der Waals surface area contributed by atoms with E-state index in [0.717, 1.165) is 0 Å². The van der Waals surface area contributed by atoms with Crippen molar-refractivity contribution in [3.8, 4) is 0 Å². The highest BCUT2D eigenvalue weighted by Crippen LogP contribution is 1.90. The monoisotopic (exact) mass is 157 g/mol. The summed E-state index contributed by atoms with van der Waals surface area (Å²) >= 11 is 0. The number of esters is 1. The van der Waals surface area contributed by atoms with Crippen LogP contribution in [0.25, 0.3) is 0 Å². The van der Waals surface area contributed by atoms with Gasteiger partial charge in [-0.15, -0.1) is 0 Å². The van der Waals surface area contributed by atoms with E-state index in [-0.39, 0.29) is 22.5 Å². The lowest BCUT2D eigenvalue weighted by Crippen LogP contribution is -2.03. The molecule has 3 heteroatoms. The third kappa shape index (κ3) is 5.52. The van der Waals surface area contributed by atoms with Crippen molar-refractivity contribution < 1.29 is 9.53 Å². The Hall–Kier alpha value is -0.620. The molecule has 0 atom stereocenters. The summed E-state index contributed by atoms with van der Waals surface area (Å²) in [7, 11) is 0. The lowest BCUT2D eigenvalue weighted by Gasteiger charge is -1.97. The molecule has 0 heterocycles. The molecule has 3 radical (unpaired) electrons. The summed E-state index contributed by atoms with van der Waals surface area (Å²) in [5.41, 5.74) is 0.414. The van der Waals surface area contributed by atoms with E-state index in [0.29, 0.717) is 5.57 Å². The third-order valence-electron chi connectivity index (χ3n) is 0.681. The highest BCUT2D eigenvalue weighted by Gasteiger charge is 1.98. The van der Waals surface area contributed by atoms with Crippen LogP contribution in [0.1, 0.15) is 6.92 Å². The molecule has 0 aromatic rings. The van der Waals surface area contributed by atoms with Crippen molar-refractivity contribution in [1.82, 2.24) is 0 Å². The molecule has 0 saturated carbocycles. The summed E-state index contributed by atoms with van der Waals surface area (Å²) in [5.74, 6) is -0.366. The molecule has 0 aromatic carbocycles. The maximum atomic E-state index is 10.5. The molecule has 0 saturated heterocycles. The van der Waals surface area contributed by atoms with Crippen LogP contribution in [0.4, 0.5) is 0 Å². The Labute approximate surface area is 64.6 Å². The zero-order valence-corrected chi connectivity index (χ0v) is 6.86. The Kier molecular flexibility index (Phi) is 7.86. The lowest BCUT2D eigenvalue weighted by molar-refractivity contribution is -0.137. The standard InChI is InChI=1S/C7H10O2.P/c1-4-5-9-7(8)6(2)3;/h4H,1-2,5H2,3H3;. The van der Waals surface area contributed by atoms with Crippen molar-refractivity contribution in [2.45, 2.75) is 6.92 Å². The normalized spacial score (nSPS) is 7.30. The quantitative estimate of drug-likeness (QED) is 0.271. The van der Waals surface area contributed by atoms with Crippen LogP contribution in [0.2, 0.25) is 0 Å². The second kappa shape index (κ2) is 6.50. The molecule has 0 rings (SSSR count). The summed E-state index contributed by atoms with van der Waals surface area (Å²) in [6.07, 6.45) is 1.51. The first-order valence-corrected chi connectivity index (χ1v) is 2.62. The van der Waals surface area contributed by atoms with Gasteiger partial charge in [-0.3, -0.25) is 0 Å². The zero-order chi connectivity index (χ0) is 7.28. The van der Waals surface area contributed by atoms with Crippen LogP contribution < -0.4 is 0 Å².